The van der Waals surface area contributed by atoms with E-state index >= 15 is 0 Å². The summed E-state index contributed by atoms with van der Waals surface area (Å²) in [5, 5.41) is 2.55. The summed E-state index contributed by atoms with van der Waals surface area (Å²) in [5.74, 6) is -1.40. The van der Waals surface area contributed by atoms with Crippen molar-refractivity contribution >= 4 is 18.0 Å². The summed E-state index contributed by atoms with van der Waals surface area (Å²) >= 11 is 0. The second-order valence-electron chi connectivity index (χ2n) is 4.54. The Labute approximate surface area is 136 Å². The van der Waals surface area contributed by atoms with E-state index in [0.29, 0.717) is 6.54 Å². The Kier molecular flexibility index (Phi) is 13.5. The van der Waals surface area contributed by atoms with E-state index in [-0.39, 0.29) is 6.79 Å². The highest BCUT2D eigenvalue weighted by atomic mass is 16.7. The number of ether oxygens (including phenoxy) is 4. The molecule has 0 aromatic rings. The monoisotopic (exact) mass is 331 g/mol. The van der Waals surface area contributed by atoms with Crippen molar-refractivity contribution in [3.8, 4) is 0 Å². The normalized spacial score (nSPS) is 9.78. The molecule has 0 saturated heterocycles. The van der Waals surface area contributed by atoms with E-state index in [9.17, 15) is 14.4 Å². The first kappa shape index (κ1) is 20.9. The summed E-state index contributed by atoms with van der Waals surface area (Å²) in [6.07, 6.45) is 5.76. The number of carbonyl (C=O) groups excluding carboxylic acids is 3. The number of rotatable bonds is 13. The summed E-state index contributed by atoms with van der Waals surface area (Å²) in [7, 11) is 0. The first-order valence-corrected chi connectivity index (χ1v) is 7.53. The van der Waals surface area contributed by atoms with Crippen LogP contribution in [0.4, 0.5) is 4.79 Å². The van der Waals surface area contributed by atoms with Crippen LogP contribution in [-0.2, 0) is 28.5 Å². The highest BCUT2D eigenvalue weighted by Crippen LogP contribution is 2.01. The third kappa shape index (κ3) is 14.6. The van der Waals surface area contributed by atoms with Gasteiger partial charge in [-0.3, -0.25) is 0 Å². The Balaban J connectivity index is 3.43. The van der Waals surface area contributed by atoms with Gasteiger partial charge in [-0.25, -0.2) is 14.4 Å². The molecule has 0 atom stereocenters. The number of amides is 1. The highest BCUT2D eigenvalue weighted by molar-refractivity contribution is 5.81. The molecular formula is C15H25NO7. The minimum atomic E-state index is -0.744. The number of nitrogens with one attached hydrogen (secondary N) is 1. The van der Waals surface area contributed by atoms with Gasteiger partial charge >= 0.3 is 18.0 Å². The molecule has 0 aromatic carbocycles. The number of alkyl carbamates (subject to hydrolysis) is 1. The van der Waals surface area contributed by atoms with Crippen LogP contribution >= 0.6 is 0 Å². The van der Waals surface area contributed by atoms with Gasteiger partial charge in [-0.2, -0.15) is 0 Å². The lowest BCUT2D eigenvalue weighted by Crippen LogP contribution is -2.27. The van der Waals surface area contributed by atoms with Crippen molar-refractivity contribution in [3.63, 3.8) is 0 Å². The fraction of sp³-hybridized carbons (Fsp3) is 0.667. The average Bonchev–Trinajstić information content (AvgIpc) is 2.54. The minimum absolute atomic E-state index is 0.390. The van der Waals surface area contributed by atoms with E-state index in [1.165, 1.54) is 12.8 Å². The van der Waals surface area contributed by atoms with Crippen molar-refractivity contribution in [2.24, 2.45) is 0 Å². The molecular weight excluding hydrogens is 306 g/mol. The van der Waals surface area contributed by atoms with E-state index in [1.54, 1.807) is 0 Å². The van der Waals surface area contributed by atoms with E-state index in [0.717, 1.165) is 25.3 Å². The first-order chi connectivity index (χ1) is 11.1. The Bertz CT molecular complexity index is 371. The molecule has 0 aliphatic heterocycles. The lowest BCUT2D eigenvalue weighted by molar-refractivity contribution is -0.167. The summed E-state index contributed by atoms with van der Waals surface area (Å²) in [4.78, 5) is 33.1. The van der Waals surface area contributed by atoms with Crippen LogP contribution < -0.4 is 5.32 Å². The van der Waals surface area contributed by atoms with Gasteiger partial charge in [0.25, 0.3) is 0 Å². The number of unbranched alkanes of at least 4 members (excludes halogenated alkanes) is 4. The van der Waals surface area contributed by atoms with Gasteiger partial charge in [-0.1, -0.05) is 39.2 Å². The maximum Gasteiger partial charge on any atom is 0.410 e. The molecule has 0 fully saturated rings. The van der Waals surface area contributed by atoms with Crippen LogP contribution in [0.25, 0.3) is 0 Å². The molecule has 132 valence electrons. The van der Waals surface area contributed by atoms with Crippen LogP contribution in [0.3, 0.4) is 0 Å². The smallest absolute Gasteiger partial charge is 0.410 e. The van der Waals surface area contributed by atoms with Crippen molar-refractivity contribution in [2.45, 2.75) is 39.0 Å². The fourth-order valence-electron chi connectivity index (χ4n) is 1.44. The van der Waals surface area contributed by atoms with Crippen LogP contribution in [0, 0.1) is 0 Å². The van der Waals surface area contributed by atoms with Crippen molar-refractivity contribution in [2.75, 3.05) is 26.7 Å². The molecule has 0 bridgehead atoms. The molecule has 0 rings (SSSR count). The van der Waals surface area contributed by atoms with Crippen molar-refractivity contribution in [1.82, 2.24) is 5.32 Å². The molecule has 23 heavy (non-hydrogen) atoms. The number of carbonyl (C=O) groups is 3. The van der Waals surface area contributed by atoms with E-state index in [2.05, 4.69) is 33.0 Å². The van der Waals surface area contributed by atoms with Crippen molar-refractivity contribution < 1.29 is 33.3 Å². The summed E-state index contributed by atoms with van der Waals surface area (Å²) in [6.45, 7) is 4.53. The average molecular weight is 331 g/mol. The zero-order chi connectivity index (χ0) is 17.3. The van der Waals surface area contributed by atoms with Gasteiger partial charge in [-0.15, -0.1) is 0 Å². The molecule has 0 radical (unpaired) electrons. The van der Waals surface area contributed by atoms with Crippen molar-refractivity contribution in [3.05, 3.63) is 12.7 Å². The third-order valence-corrected chi connectivity index (χ3v) is 2.63. The van der Waals surface area contributed by atoms with Gasteiger partial charge in [0.15, 0.2) is 6.79 Å². The topological polar surface area (TPSA) is 100 Å². The maximum absolute atomic E-state index is 11.3. The first-order valence-electron chi connectivity index (χ1n) is 7.53. The highest BCUT2D eigenvalue weighted by Gasteiger charge is 2.06. The summed E-state index contributed by atoms with van der Waals surface area (Å²) in [6, 6.07) is 0. The lowest BCUT2D eigenvalue weighted by atomic mass is 10.1. The molecule has 8 heteroatoms. The Morgan fingerprint density at radius 1 is 1.00 bits per heavy atom. The quantitative estimate of drug-likeness (QED) is 0.238. The van der Waals surface area contributed by atoms with E-state index < -0.39 is 31.4 Å². The third-order valence-electron chi connectivity index (χ3n) is 2.63. The second kappa shape index (κ2) is 14.8. The Hall–Kier alpha value is -2.09. The predicted octanol–water partition coefficient (Wildman–Crippen LogP) is 1.89. The SMILES string of the molecule is C=CC(=O)OCOCC(=O)OCOC(=O)NCCCCCCC. The number of hydrogen-bond donors (Lipinski definition) is 1. The van der Waals surface area contributed by atoms with Crippen LogP contribution in [0.1, 0.15) is 39.0 Å². The van der Waals surface area contributed by atoms with Gasteiger partial charge < -0.3 is 24.3 Å². The molecule has 0 aliphatic carbocycles. The Morgan fingerprint density at radius 2 is 1.74 bits per heavy atom. The van der Waals surface area contributed by atoms with Crippen LogP contribution in [0.5, 0.6) is 0 Å². The molecule has 0 saturated carbocycles. The molecule has 0 spiro atoms. The van der Waals surface area contributed by atoms with Gasteiger partial charge in [0.2, 0.25) is 6.79 Å². The second-order valence-corrected chi connectivity index (χ2v) is 4.54. The molecule has 0 unspecified atom stereocenters. The van der Waals surface area contributed by atoms with Crippen LogP contribution in [0.2, 0.25) is 0 Å². The van der Waals surface area contributed by atoms with Gasteiger partial charge in [0, 0.05) is 12.6 Å². The van der Waals surface area contributed by atoms with Crippen molar-refractivity contribution in [1.29, 1.82) is 0 Å². The van der Waals surface area contributed by atoms with Crippen LogP contribution in [-0.4, -0.2) is 44.8 Å². The number of esters is 2. The molecule has 0 aromatic heterocycles. The standard InChI is InChI=1S/C15H25NO7/c1-3-5-6-7-8-9-16-15(19)23-12-22-14(18)10-20-11-21-13(17)4-2/h4H,2-3,5-12H2,1H3,(H,16,19). The lowest BCUT2D eigenvalue weighted by Gasteiger charge is -2.08. The number of hydrogen-bond acceptors (Lipinski definition) is 7. The summed E-state index contributed by atoms with van der Waals surface area (Å²) < 4.78 is 18.4. The molecule has 8 nitrogen and oxygen atoms in total. The minimum Gasteiger partial charge on any atom is -0.435 e. The zero-order valence-corrected chi connectivity index (χ0v) is 13.5. The summed E-state index contributed by atoms with van der Waals surface area (Å²) in [5.41, 5.74) is 0. The van der Waals surface area contributed by atoms with Gasteiger partial charge in [0.1, 0.15) is 6.61 Å². The van der Waals surface area contributed by atoms with E-state index in [4.69, 9.17) is 4.74 Å². The molecule has 0 heterocycles. The molecule has 1 N–H and O–H groups in total. The maximum atomic E-state index is 11.3. The predicted molar refractivity (Wildman–Crippen MR) is 81.3 cm³/mol. The largest absolute Gasteiger partial charge is 0.435 e. The van der Waals surface area contributed by atoms with E-state index in [1.807, 2.05) is 0 Å². The van der Waals surface area contributed by atoms with Gasteiger partial charge in [-0.05, 0) is 6.42 Å². The molecule has 1 amide bonds. The molecule has 0 aliphatic rings. The zero-order valence-electron chi connectivity index (χ0n) is 13.5. The van der Waals surface area contributed by atoms with Crippen LogP contribution in [0.15, 0.2) is 12.7 Å². The Morgan fingerprint density at radius 3 is 2.43 bits per heavy atom. The van der Waals surface area contributed by atoms with Gasteiger partial charge in [0.05, 0.1) is 0 Å². The fourth-order valence-corrected chi connectivity index (χ4v) is 1.44.